The van der Waals surface area contributed by atoms with Crippen LogP contribution in [0.5, 0.6) is 5.75 Å². The van der Waals surface area contributed by atoms with Crippen LogP contribution in [0.4, 0.5) is 0 Å². The molecular formula is C32H44N2O2S. The minimum atomic E-state index is -0.0207. The lowest BCUT2D eigenvalue weighted by molar-refractivity contribution is -0.117. The van der Waals surface area contributed by atoms with Gasteiger partial charge in [-0.25, -0.2) is 0 Å². The molecule has 0 saturated heterocycles. The molecule has 37 heavy (non-hydrogen) atoms. The van der Waals surface area contributed by atoms with Crippen molar-refractivity contribution < 1.29 is 9.53 Å². The standard InChI is InChI=1S/C32H44N2O2S/c1-6-9-10-12-17-28(5)32(27(4)8-3)34-22-15-18-29(16-7-2)21-23-33-31(35)26-37-25-24-36-30-19-13-11-14-20-30/h8-21,23,28H,6-7,22,24-26H2,1-5H3,(H,33,35)/b10-9-,17-12-,18-15-,23-21+,27-8+,29-16+,34-32?. The van der Waals surface area contributed by atoms with Crippen molar-refractivity contribution in [3.63, 3.8) is 0 Å². The Morgan fingerprint density at radius 2 is 1.89 bits per heavy atom. The number of thioether (sulfide) groups is 1. The highest BCUT2D eigenvalue weighted by Gasteiger charge is 2.08. The van der Waals surface area contributed by atoms with Crippen LogP contribution in [0.15, 0.2) is 107 Å². The predicted octanol–water partition coefficient (Wildman–Crippen LogP) is 7.89. The lowest BCUT2D eigenvalue weighted by atomic mass is 9.98. The van der Waals surface area contributed by atoms with Gasteiger partial charge in [0.2, 0.25) is 5.91 Å². The first-order valence-electron chi connectivity index (χ1n) is 13.1. The van der Waals surface area contributed by atoms with Crippen LogP contribution in [0.1, 0.15) is 47.5 Å². The van der Waals surface area contributed by atoms with Gasteiger partial charge >= 0.3 is 0 Å². The molecule has 0 aliphatic rings. The van der Waals surface area contributed by atoms with Gasteiger partial charge in [0.05, 0.1) is 18.9 Å². The van der Waals surface area contributed by atoms with E-state index in [1.165, 1.54) is 5.57 Å². The van der Waals surface area contributed by atoms with E-state index in [1.807, 2.05) is 43.3 Å². The summed E-state index contributed by atoms with van der Waals surface area (Å²) >= 11 is 1.56. The molecule has 4 nitrogen and oxygen atoms in total. The van der Waals surface area contributed by atoms with Crippen LogP contribution in [-0.2, 0) is 4.79 Å². The zero-order valence-electron chi connectivity index (χ0n) is 23.2. The zero-order valence-corrected chi connectivity index (χ0v) is 24.0. The summed E-state index contributed by atoms with van der Waals surface area (Å²) in [5.74, 6) is 2.23. The normalized spacial score (nSPS) is 14.4. The molecule has 1 amide bonds. The Morgan fingerprint density at radius 3 is 2.59 bits per heavy atom. The second-order valence-electron chi connectivity index (χ2n) is 8.34. The summed E-state index contributed by atoms with van der Waals surface area (Å²) in [5.41, 5.74) is 3.34. The fourth-order valence-corrected chi connectivity index (χ4v) is 3.87. The van der Waals surface area contributed by atoms with Gasteiger partial charge in [-0.05, 0) is 56.0 Å². The molecular weight excluding hydrogens is 476 g/mol. The molecule has 1 N–H and O–H groups in total. The van der Waals surface area contributed by atoms with Crippen molar-refractivity contribution in [2.75, 3.05) is 24.7 Å². The van der Waals surface area contributed by atoms with E-state index in [2.05, 4.69) is 81.6 Å². The number of amides is 1. The number of ether oxygens (including phenoxy) is 1. The molecule has 0 spiro atoms. The molecule has 0 bridgehead atoms. The largest absolute Gasteiger partial charge is 0.493 e. The molecule has 5 heteroatoms. The molecule has 0 heterocycles. The number of hydrogen-bond acceptors (Lipinski definition) is 4. The lowest BCUT2D eigenvalue weighted by Gasteiger charge is -2.11. The first-order chi connectivity index (χ1) is 18.0. The van der Waals surface area contributed by atoms with Crippen LogP contribution in [-0.4, -0.2) is 36.3 Å². The first-order valence-corrected chi connectivity index (χ1v) is 14.3. The molecule has 0 saturated carbocycles. The predicted molar refractivity (Wildman–Crippen MR) is 164 cm³/mol. The summed E-state index contributed by atoms with van der Waals surface area (Å²) in [6.07, 6.45) is 22.4. The van der Waals surface area contributed by atoms with E-state index in [4.69, 9.17) is 9.73 Å². The molecule has 0 radical (unpaired) electrons. The van der Waals surface area contributed by atoms with Crippen molar-refractivity contribution in [2.45, 2.75) is 47.5 Å². The maximum atomic E-state index is 12.1. The van der Waals surface area contributed by atoms with Crippen LogP contribution in [0.3, 0.4) is 0 Å². The minimum absolute atomic E-state index is 0.0207. The van der Waals surface area contributed by atoms with Gasteiger partial charge < -0.3 is 10.1 Å². The second-order valence-corrected chi connectivity index (χ2v) is 9.44. The number of nitrogens with zero attached hydrogens (tertiary/aromatic N) is 1. The van der Waals surface area contributed by atoms with E-state index in [9.17, 15) is 4.79 Å². The van der Waals surface area contributed by atoms with Gasteiger partial charge in [-0.2, -0.15) is 0 Å². The van der Waals surface area contributed by atoms with E-state index < -0.39 is 0 Å². The van der Waals surface area contributed by atoms with Crippen molar-refractivity contribution in [2.24, 2.45) is 10.9 Å². The molecule has 1 aromatic rings. The number of para-hydroxylation sites is 1. The number of aliphatic imine (C=N–C) groups is 1. The molecule has 0 fully saturated rings. The first kappa shape index (κ1) is 32.0. The Balaban J connectivity index is 2.52. The summed E-state index contributed by atoms with van der Waals surface area (Å²) in [5, 5.41) is 2.85. The fraction of sp³-hybridized carbons (Fsp3) is 0.375. The Hall–Kier alpha value is -3.05. The molecule has 1 unspecified atom stereocenters. The van der Waals surface area contributed by atoms with Crippen LogP contribution >= 0.6 is 11.8 Å². The average molecular weight is 521 g/mol. The Kier molecular flexibility index (Phi) is 18.2. The quantitative estimate of drug-likeness (QED) is 0.129. The van der Waals surface area contributed by atoms with Crippen LogP contribution in [0.25, 0.3) is 0 Å². The van der Waals surface area contributed by atoms with Crippen molar-refractivity contribution in [1.82, 2.24) is 5.32 Å². The Labute approximate surface area is 229 Å². The van der Waals surface area contributed by atoms with Crippen LogP contribution in [0.2, 0.25) is 0 Å². The van der Waals surface area contributed by atoms with Crippen molar-refractivity contribution in [1.29, 1.82) is 0 Å². The number of benzene rings is 1. The van der Waals surface area contributed by atoms with Gasteiger partial charge in [0.15, 0.2) is 0 Å². The molecule has 1 aromatic carbocycles. The van der Waals surface area contributed by atoms with Gasteiger partial charge in [0, 0.05) is 23.6 Å². The number of carbonyl (C=O) groups is 1. The number of allylic oxidation sites excluding steroid dienone is 10. The highest BCUT2D eigenvalue weighted by molar-refractivity contribution is 7.99. The summed E-state index contributed by atoms with van der Waals surface area (Å²) in [4.78, 5) is 17.0. The molecule has 0 aliphatic heterocycles. The van der Waals surface area contributed by atoms with E-state index in [0.29, 0.717) is 18.9 Å². The number of rotatable bonds is 17. The van der Waals surface area contributed by atoms with E-state index in [0.717, 1.165) is 35.6 Å². The molecule has 0 aromatic heterocycles. The number of carbonyl (C=O) groups excluding carboxylic acids is 1. The van der Waals surface area contributed by atoms with Crippen LogP contribution < -0.4 is 10.1 Å². The highest BCUT2D eigenvalue weighted by atomic mass is 32.2. The third kappa shape index (κ3) is 15.6. The molecule has 1 rings (SSSR count). The van der Waals surface area contributed by atoms with Crippen molar-refractivity contribution in [3.05, 3.63) is 102 Å². The summed E-state index contributed by atoms with van der Waals surface area (Å²) in [6, 6.07) is 9.70. The zero-order chi connectivity index (χ0) is 27.1. The van der Waals surface area contributed by atoms with Gasteiger partial charge in [-0.3, -0.25) is 9.79 Å². The summed E-state index contributed by atoms with van der Waals surface area (Å²) < 4.78 is 5.65. The number of nitrogens with one attached hydrogen (secondary N) is 1. The van der Waals surface area contributed by atoms with E-state index in [1.54, 1.807) is 18.0 Å². The van der Waals surface area contributed by atoms with E-state index in [-0.39, 0.29) is 11.8 Å². The monoisotopic (exact) mass is 520 g/mol. The third-order valence-corrected chi connectivity index (χ3v) is 6.18. The van der Waals surface area contributed by atoms with Gasteiger partial charge in [0.1, 0.15) is 5.75 Å². The van der Waals surface area contributed by atoms with Gasteiger partial charge in [0.25, 0.3) is 0 Å². The fourth-order valence-electron chi connectivity index (χ4n) is 3.25. The average Bonchev–Trinajstić information content (AvgIpc) is 2.91. The Bertz CT molecular complexity index is 985. The topological polar surface area (TPSA) is 50.7 Å². The van der Waals surface area contributed by atoms with Gasteiger partial charge in [-0.15, -0.1) is 11.8 Å². The maximum absolute atomic E-state index is 12.1. The second kappa shape index (κ2) is 21.1. The molecule has 0 aliphatic carbocycles. The summed E-state index contributed by atoms with van der Waals surface area (Å²) in [7, 11) is 0. The van der Waals surface area contributed by atoms with E-state index >= 15 is 0 Å². The summed E-state index contributed by atoms with van der Waals surface area (Å²) in [6.45, 7) is 11.7. The molecule has 200 valence electrons. The minimum Gasteiger partial charge on any atom is -0.493 e. The molecule has 1 atom stereocenters. The smallest absolute Gasteiger partial charge is 0.233 e. The third-order valence-electron chi connectivity index (χ3n) is 5.26. The van der Waals surface area contributed by atoms with Crippen molar-refractivity contribution >= 4 is 23.4 Å². The van der Waals surface area contributed by atoms with Crippen LogP contribution in [0, 0.1) is 5.92 Å². The van der Waals surface area contributed by atoms with Crippen molar-refractivity contribution in [3.8, 4) is 5.75 Å². The highest BCUT2D eigenvalue weighted by Crippen LogP contribution is 2.12. The van der Waals surface area contributed by atoms with Gasteiger partial charge in [-0.1, -0.05) is 87.6 Å². The lowest BCUT2D eigenvalue weighted by Crippen LogP contribution is -2.19. The maximum Gasteiger partial charge on any atom is 0.233 e. The SMILES string of the molecule is C/C=C(\C)C(=NC\C=C/C(/C=C/NC(=O)CSCCOc1ccccc1)=C\CC)C(C)/C=C\C=C/CC. The Morgan fingerprint density at radius 1 is 1.11 bits per heavy atom. The number of hydrogen-bond donors (Lipinski definition) is 1.